The van der Waals surface area contributed by atoms with E-state index >= 15 is 0 Å². The summed E-state index contributed by atoms with van der Waals surface area (Å²) in [6.45, 7) is 0. The van der Waals surface area contributed by atoms with Gasteiger partial charge in [0.2, 0.25) is 5.12 Å². The molecule has 0 amide bonds. The van der Waals surface area contributed by atoms with E-state index in [0.717, 1.165) is 6.07 Å². The number of nitrogens with zero attached hydrogens (tertiary/aromatic N) is 2. The molecule has 0 aliphatic heterocycles. The van der Waals surface area contributed by atoms with Crippen LogP contribution >= 0.6 is 24.2 Å². The summed E-state index contributed by atoms with van der Waals surface area (Å²) in [5, 5.41) is 19.3. The summed E-state index contributed by atoms with van der Waals surface area (Å²) < 4.78 is 5.75. The van der Waals surface area contributed by atoms with E-state index in [4.69, 9.17) is 13.0 Å². The van der Waals surface area contributed by atoms with Crippen LogP contribution in [0.15, 0.2) is 48.5 Å². The first-order valence-electron chi connectivity index (χ1n) is 7.14. The minimum Gasteiger partial charge on any atom is -0.282 e. The first-order chi connectivity index (χ1) is 12.2. The fraction of sp³-hybridized carbons (Fsp3) is 0.0667. The zero-order valence-electron chi connectivity index (χ0n) is 13.8. The third-order valence-corrected chi connectivity index (χ3v) is 3.06. The molecule has 0 fully saturated rings. The second kappa shape index (κ2) is 10.2. The molecule has 25 heavy (non-hydrogen) atoms. The molecule has 2 aromatic carbocycles. The Morgan fingerprint density at radius 1 is 0.960 bits per heavy atom. The van der Waals surface area contributed by atoms with Gasteiger partial charge >= 0.3 is 0 Å². The van der Waals surface area contributed by atoms with Gasteiger partial charge in [0.25, 0.3) is 16.6 Å². The average molecular weight is 387 g/mol. The highest BCUT2D eigenvalue weighted by Gasteiger charge is 2.09. The van der Waals surface area contributed by atoms with E-state index in [2.05, 4.69) is 12.6 Å². The molecular weight excluding hydrogens is 372 g/mol. The summed E-state index contributed by atoms with van der Waals surface area (Å²) in [5.41, 5.74) is 0.120. The molecule has 2 rings (SSSR count). The van der Waals surface area contributed by atoms with Crippen LogP contribution in [0.1, 0.15) is 29.5 Å². The van der Waals surface area contributed by atoms with Crippen molar-refractivity contribution in [2.24, 2.45) is 0 Å². The number of nitro groups is 2. The number of benzene rings is 2. The Kier molecular flexibility index (Phi) is 8.24. The van der Waals surface area contributed by atoms with E-state index in [0.29, 0.717) is 0 Å². The molecule has 0 heterocycles. The Morgan fingerprint density at radius 2 is 1.36 bits per heavy atom. The van der Waals surface area contributed by atoms with Crippen LogP contribution in [0.5, 0.6) is 0 Å². The van der Waals surface area contributed by atoms with Crippen molar-refractivity contribution in [1.29, 1.82) is 0 Å². The van der Waals surface area contributed by atoms with E-state index in [1.54, 1.807) is 0 Å². The summed E-state index contributed by atoms with van der Waals surface area (Å²) in [5.74, 6) is 0. The molecule has 2 aromatic rings. The number of non-ortho nitro benzene ring substituents is 2. The van der Waals surface area contributed by atoms with Crippen molar-refractivity contribution >= 4 is 46.0 Å². The van der Waals surface area contributed by atoms with Gasteiger partial charge < -0.3 is 0 Å². The van der Waals surface area contributed by atoms with Crippen molar-refractivity contribution in [1.82, 2.24) is 0 Å². The SMILES string of the molecule is O=C(Cl)c1cccc([N+](=O)[O-])c1.O=C(S)c1cccc([N+](=O)[O-])c1.[3H]C. The maximum Gasteiger partial charge on any atom is 0.270 e. The van der Waals surface area contributed by atoms with E-state index < -0.39 is 20.2 Å². The van der Waals surface area contributed by atoms with E-state index in [-0.39, 0.29) is 22.5 Å². The van der Waals surface area contributed by atoms with Crippen molar-refractivity contribution < 1.29 is 20.8 Å². The number of carbonyl (C=O) groups excluding carboxylic acids is 2. The van der Waals surface area contributed by atoms with Crippen LogP contribution in [0.3, 0.4) is 0 Å². The smallest absolute Gasteiger partial charge is 0.270 e. The zero-order chi connectivity index (χ0) is 20.3. The quantitative estimate of drug-likeness (QED) is 0.362. The minimum atomic E-state index is -0.696. The Hall–Kier alpha value is -2.78. The zero-order valence-corrected chi connectivity index (χ0v) is 14.4. The summed E-state index contributed by atoms with van der Waals surface area (Å²) in [7, 11) is 1.25. The number of halogens is 1. The lowest BCUT2D eigenvalue weighted by molar-refractivity contribution is -0.385. The topological polar surface area (TPSA) is 120 Å². The van der Waals surface area contributed by atoms with Crippen LogP contribution in [-0.4, -0.2) is 20.2 Å². The standard InChI is InChI=1S/C7H4ClNO3.C7H5NO3S.CH4/c8-7(10)5-2-1-3-6(4-5)9(11)12;9-7(12)5-2-1-3-6(4-5)8(10)11;/h1-4H;1-4H,(H,9,12);1H4/i;;1T. The molecule has 8 nitrogen and oxygen atoms in total. The molecule has 0 radical (unpaired) electrons. The van der Waals surface area contributed by atoms with Crippen LogP contribution in [0, 0.1) is 20.2 Å². The molecular formula is C15H13ClN2O6S. The monoisotopic (exact) mass is 386 g/mol. The second-order valence-electron chi connectivity index (χ2n) is 4.19. The van der Waals surface area contributed by atoms with Gasteiger partial charge in [0.1, 0.15) is 0 Å². The number of thiol groups is 1. The van der Waals surface area contributed by atoms with Crippen molar-refractivity contribution in [3.63, 3.8) is 0 Å². The largest absolute Gasteiger partial charge is 0.282 e. The molecule has 0 spiro atoms. The lowest BCUT2D eigenvalue weighted by Gasteiger charge is -1.93. The third-order valence-electron chi connectivity index (χ3n) is 2.59. The van der Waals surface area contributed by atoms with Crippen LogP contribution in [0.2, 0.25) is 0 Å². The third kappa shape index (κ3) is 7.10. The molecule has 0 saturated carbocycles. The van der Waals surface area contributed by atoms with Gasteiger partial charge in [-0.1, -0.05) is 25.6 Å². The molecule has 0 atom stereocenters. The Labute approximate surface area is 154 Å². The molecule has 0 unspecified atom stereocenters. The van der Waals surface area contributed by atoms with Crippen molar-refractivity contribution in [3.8, 4) is 0 Å². The maximum absolute atomic E-state index is 10.7. The Morgan fingerprint density at radius 3 is 1.72 bits per heavy atom. The van der Waals surface area contributed by atoms with Crippen LogP contribution in [-0.2, 0) is 0 Å². The van der Waals surface area contributed by atoms with E-state index in [1.807, 2.05) is 0 Å². The number of hydrogen-bond acceptors (Lipinski definition) is 6. The van der Waals surface area contributed by atoms with Crippen molar-refractivity contribution in [2.75, 3.05) is 0 Å². The molecule has 0 aliphatic rings. The second-order valence-corrected chi connectivity index (χ2v) is 4.94. The first-order valence-corrected chi connectivity index (χ1v) is 6.97. The maximum atomic E-state index is 10.7. The van der Waals surface area contributed by atoms with Gasteiger partial charge in [0.05, 0.1) is 9.85 Å². The van der Waals surface area contributed by atoms with Gasteiger partial charge in [-0.25, -0.2) is 0 Å². The lowest BCUT2D eigenvalue weighted by atomic mass is 10.2. The number of carbonyl (C=O) groups is 2. The molecule has 132 valence electrons. The fourth-order valence-corrected chi connectivity index (χ4v) is 1.75. The Balaban J connectivity index is 0.000000439. The van der Waals surface area contributed by atoms with Gasteiger partial charge in [0.15, 0.2) is 0 Å². The van der Waals surface area contributed by atoms with Crippen LogP contribution < -0.4 is 0 Å². The summed E-state index contributed by atoms with van der Waals surface area (Å²) in [6, 6.07) is 10.7. The predicted octanol–water partition coefficient (Wildman–Crippen LogP) is 4.27. The van der Waals surface area contributed by atoms with E-state index in [9.17, 15) is 29.8 Å². The molecule has 0 saturated heterocycles. The highest BCUT2D eigenvalue weighted by molar-refractivity contribution is 7.97. The summed E-state index contributed by atoms with van der Waals surface area (Å²) in [6.07, 6.45) is 0. The summed E-state index contributed by atoms with van der Waals surface area (Å²) in [4.78, 5) is 40.6. The number of nitro benzene ring substituents is 2. The lowest BCUT2D eigenvalue weighted by Crippen LogP contribution is -1.92. The molecule has 10 heteroatoms. The van der Waals surface area contributed by atoms with Crippen LogP contribution in [0.4, 0.5) is 11.4 Å². The predicted molar refractivity (Wildman–Crippen MR) is 96.4 cm³/mol. The first kappa shape index (κ1) is 20.3. The van der Waals surface area contributed by atoms with Crippen LogP contribution in [0.25, 0.3) is 0 Å². The number of hydrogen-bond donors (Lipinski definition) is 1. The summed E-state index contributed by atoms with van der Waals surface area (Å²) >= 11 is 8.66. The highest BCUT2D eigenvalue weighted by atomic mass is 35.5. The molecule has 0 N–H and O–H groups in total. The normalized spacial score (nSPS) is 9.32. The molecule has 0 aromatic heterocycles. The fourth-order valence-electron chi connectivity index (χ4n) is 1.49. The number of rotatable bonds is 4. The Bertz CT molecular complexity index is 692. The molecule has 0 bridgehead atoms. The van der Waals surface area contributed by atoms with Gasteiger partial charge in [-0.05, 0) is 17.7 Å². The van der Waals surface area contributed by atoms with Gasteiger partial charge in [-0.2, -0.15) is 0 Å². The van der Waals surface area contributed by atoms with E-state index in [1.165, 1.54) is 49.9 Å². The minimum absolute atomic E-state index is 0.102. The van der Waals surface area contributed by atoms with Gasteiger partial charge in [-0.15, -0.1) is 12.6 Å². The van der Waals surface area contributed by atoms with Gasteiger partial charge in [0, 0.05) is 36.8 Å². The van der Waals surface area contributed by atoms with Crippen molar-refractivity contribution in [3.05, 3.63) is 79.9 Å². The average Bonchev–Trinajstić information content (AvgIpc) is 2.64. The highest BCUT2D eigenvalue weighted by Crippen LogP contribution is 2.15. The van der Waals surface area contributed by atoms with Crippen molar-refractivity contribution in [2.45, 2.75) is 7.40 Å². The van der Waals surface area contributed by atoms with Gasteiger partial charge in [-0.3, -0.25) is 29.8 Å². The molecule has 0 aliphatic carbocycles.